The van der Waals surface area contributed by atoms with Crippen LogP contribution in [0.4, 0.5) is 11.8 Å². The van der Waals surface area contributed by atoms with E-state index in [1.165, 1.54) is 30.3 Å². The van der Waals surface area contributed by atoms with Crippen molar-refractivity contribution in [3.63, 3.8) is 0 Å². The number of ether oxygens (including phenoxy) is 3. The van der Waals surface area contributed by atoms with Crippen LogP contribution in [-0.4, -0.2) is 122 Å². The third kappa shape index (κ3) is 7.31. The Morgan fingerprint density at radius 3 is 2.70 bits per heavy atom. The molecule has 0 aromatic carbocycles. The zero-order chi connectivity index (χ0) is 33.2. The topological polar surface area (TPSA) is 269 Å². The average Bonchev–Trinajstić information content (AvgIpc) is 3.69. The number of hydrogen-bond acceptors (Lipinski definition) is 16. The molecule has 0 amide bonds. The number of imidazole rings is 1. The van der Waals surface area contributed by atoms with Crippen LogP contribution in [0.1, 0.15) is 25.3 Å². The van der Waals surface area contributed by atoms with Crippen molar-refractivity contribution in [3.05, 3.63) is 39.4 Å². The van der Waals surface area contributed by atoms with Gasteiger partial charge in [0.2, 0.25) is 5.95 Å². The van der Waals surface area contributed by atoms with Crippen molar-refractivity contribution < 1.29 is 38.0 Å². The highest BCUT2D eigenvalue weighted by Crippen LogP contribution is 2.49. The van der Waals surface area contributed by atoms with Crippen molar-refractivity contribution in [1.82, 2.24) is 39.1 Å². The maximum atomic E-state index is 14.2. The molecule has 0 radical (unpaired) electrons. The molecule has 8 N–H and O–H groups in total. The van der Waals surface area contributed by atoms with E-state index < -0.39 is 75.2 Å². The third-order valence-corrected chi connectivity index (χ3v) is 9.25. The fraction of sp³-hybridized carbons (Fsp3) is 0.640. The first-order valence-corrected chi connectivity index (χ1v) is 16.0. The number of fused-ring (bicyclic) bond motifs is 1. The quantitative estimate of drug-likeness (QED) is 0.0811. The van der Waals surface area contributed by atoms with Crippen LogP contribution in [-0.2, 0) is 27.8 Å². The Hall–Kier alpha value is -3.30. The van der Waals surface area contributed by atoms with Crippen LogP contribution in [0.5, 0.6) is 0 Å². The standard InChI is InChI=1S/C25H39N10O10P/c1-33(2)7-4-6-29-46(40,42-11-15-19(37)20(41-3)23(44-15)34-8-5-16(26)30-25(34)39)45-13-9-17(43-14(13)10-36)35-12-28-18-21(35)31-24(27)32-22(18)38/h5,8,12-15,17,19-20,23,36-37H,4,6-7,9-11H2,1-3H3,(H,29,40)(H2,26,30,39)(H3,27,31,32,38). The van der Waals surface area contributed by atoms with E-state index in [1.54, 1.807) is 0 Å². The molecule has 20 nitrogen and oxygen atoms in total. The number of nitrogen functional groups attached to an aromatic ring is 2. The molecule has 8 unspecified atom stereocenters. The number of nitrogens with one attached hydrogen (secondary N) is 2. The number of H-pyrrole nitrogens is 1. The molecule has 46 heavy (non-hydrogen) atoms. The largest absolute Gasteiger partial charge is 0.405 e. The zero-order valence-electron chi connectivity index (χ0n) is 25.5. The minimum absolute atomic E-state index is 0.0154. The molecule has 0 spiro atoms. The molecular weight excluding hydrogens is 631 g/mol. The Kier molecular flexibility index (Phi) is 10.5. The predicted octanol–water partition coefficient (Wildman–Crippen LogP) is -1.85. The summed E-state index contributed by atoms with van der Waals surface area (Å²) < 4.78 is 45.9. The molecule has 2 saturated heterocycles. The molecule has 8 atom stereocenters. The van der Waals surface area contributed by atoms with E-state index in [2.05, 4.69) is 25.0 Å². The predicted molar refractivity (Wildman–Crippen MR) is 161 cm³/mol. The van der Waals surface area contributed by atoms with Crippen molar-refractivity contribution in [3.8, 4) is 0 Å². The number of aromatic amines is 1. The molecule has 5 rings (SSSR count). The van der Waals surface area contributed by atoms with Crippen molar-refractivity contribution in [1.29, 1.82) is 0 Å². The second kappa shape index (κ2) is 14.2. The summed E-state index contributed by atoms with van der Waals surface area (Å²) in [6, 6.07) is 1.40. The lowest BCUT2D eigenvalue weighted by atomic mass is 10.1. The molecule has 254 valence electrons. The first-order chi connectivity index (χ1) is 21.9. The Bertz CT molecular complexity index is 1670. The lowest BCUT2D eigenvalue weighted by molar-refractivity contribution is -0.0633. The Balaban J connectivity index is 1.33. The van der Waals surface area contributed by atoms with Crippen LogP contribution < -0.4 is 27.8 Å². The number of anilines is 2. The smallest absolute Gasteiger partial charge is 0.394 e. The summed E-state index contributed by atoms with van der Waals surface area (Å²) in [4.78, 5) is 41.0. The van der Waals surface area contributed by atoms with Gasteiger partial charge in [0.25, 0.3) is 5.56 Å². The summed E-state index contributed by atoms with van der Waals surface area (Å²) in [5.74, 6) is -0.1000. The van der Waals surface area contributed by atoms with Gasteiger partial charge in [-0.15, -0.1) is 0 Å². The Morgan fingerprint density at radius 1 is 1.22 bits per heavy atom. The number of aromatic nitrogens is 6. The first-order valence-electron chi connectivity index (χ1n) is 14.5. The first kappa shape index (κ1) is 34.0. The van der Waals surface area contributed by atoms with E-state index >= 15 is 0 Å². The van der Waals surface area contributed by atoms with Gasteiger partial charge in [0.05, 0.1) is 19.5 Å². The van der Waals surface area contributed by atoms with Crippen LogP contribution >= 0.6 is 7.75 Å². The van der Waals surface area contributed by atoms with Crippen LogP contribution in [0.25, 0.3) is 11.2 Å². The molecule has 3 aromatic heterocycles. The van der Waals surface area contributed by atoms with E-state index in [0.717, 1.165) is 4.57 Å². The summed E-state index contributed by atoms with van der Waals surface area (Å²) in [7, 11) is 0.974. The highest BCUT2D eigenvalue weighted by Gasteiger charge is 2.48. The lowest BCUT2D eigenvalue weighted by Gasteiger charge is -2.26. The second-order valence-corrected chi connectivity index (χ2v) is 12.9. The molecule has 0 saturated carbocycles. The van der Waals surface area contributed by atoms with E-state index in [-0.39, 0.29) is 35.9 Å². The van der Waals surface area contributed by atoms with Gasteiger partial charge in [-0.1, -0.05) is 0 Å². The normalized spacial score (nSPS) is 27.9. The number of rotatable bonds is 14. The summed E-state index contributed by atoms with van der Waals surface area (Å²) >= 11 is 0. The number of nitrogens with zero attached hydrogens (tertiary/aromatic N) is 6. The summed E-state index contributed by atoms with van der Waals surface area (Å²) in [6.07, 6.45) is -3.77. The number of aliphatic hydroxyl groups is 2. The number of nitrogens with two attached hydrogens (primary N) is 2. The highest BCUT2D eigenvalue weighted by molar-refractivity contribution is 7.51. The fourth-order valence-electron chi connectivity index (χ4n) is 5.33. The third-order valence-electron chi connectivity index (χ3n) is 7.60. The highest BCUT2D eigenvalue weighted by atomic mass is 31.2. The molecule has 0 aliphatic carbocycles. The van der Waals surface area contributed by atoms with E-state index in [4.69, 9.17) is 34.7 Å². The molecule has 2 fully saturated rings. The van der Waals surface area contributed by atoms with Gasteiger partial charge in [-0.25, -0.2) is 19.4 Å². The van der Waals surface area contributed by atoms with Gasteiger partial charge in [-0.05, 0) is 33.1 Å². The lowest BCUT2D eigenvalue weighted by Crippen LogP contribution is -2.38. The maximum Gasteiger partial charge on any atom is 0.405 e. The van der Waals surface area contributed by atoms with Gasteiger partial charge in [0.15, 0.2) is 17.4 Å². The maximum absolute atomic E-state index is 14.2. The molecule has 2 aliphatic rings. The van der Waals surface area contributed by atoms with Gasteiger partial charge in [0.1, 0.15) is 42.6 Å². The molecule has 5 heterocycles. The van der Waals surface area contributed by atoms with Gasteiger partial charge in [-0.3, -0.25) is 28.0 Å². The summed E-state index contributed by atoms with van der Waals surface area (Å²) in [5.41, 5.74) is 10.3. The minimum Gasteiger partial charge on any atom is -0.394 e. The van der Waals surface area contributed by atoms with E-state index in [0.29, 0.717) is 13.0 Å². The van der Waals surface area contributed by atoms with Gasteiger partial charge >= 0.3 is 13.4 Å². The molecule has 21 heteroatoms. The van der Waals surface area contributed by atoms with Crippen LogP contribution in [0.2, 0.25) is 0 Å². The van der Waals surface area contributed by atoms with Crippen molar-refractivity contribution in [2.24, 2.45) is 0 Å². The van der Waals surface area contributed by atoms with Crippen molar-refractivity contribution in [2.45, 2.75) is 55.8 Å². The molecule has 3 aromatic rings. The Labute approximate surface area is 262 Å². The SMILES string of the molecule is COC1C(O)C(COP(=O)(NCCCN(C)C)OC2CC(n3cnc4c(=O)[nH]c(N)nc43)OC2CO)OC1n1ccc(N)nc1=O. The monoisotopic (exact) mass is 670 g/mol. The van der Waals surface area contributed by atoms with Crippen molar-refractivity contribution in [2.75, 3.05) is 59.0 Å². The average molecular weight is 671 g/mol. The fourth-order valence-corrected chi connectivity index (χ4v) is 6.91. The number of aliphatic hydroxyl groups excluding tert-OH is 2. The summed E-state index contributed by atoms with van der Waals surface area (Å²) in [5, 5.41) is 23.9. The number of hydrogen-bond donors (Lipinski definition) is 6. The Morgan fingerprint density at radius 2 is 2.00 bits per heavy atom. The molecule has 2 aliphatic heterocycles. The van der Waals surface area contributed by atoms with Crippen LogP contribution in [0.3, 0.4) is 0 Å². The second-order valence-electron chi connectivity index (χ2n) is 11.1. The van der Waals surface area contributed by atoms with Crippen LogP contribution in [0, 0.1) is 0 Å². The van der Waals surface area contributed by atoms with Gasteiger partial charge in [0, 0.05) is 26.3 Å². The van der Waals surface area contributed by atoms with Crippen LogP contribution in [0.15, 0.2) is 28.2 Å². The summed E-state index contributed by atoms with van der Waals surface area (Å²) in [6.45, 7) is -0.00365. The minimum atomic E-state index is -4.17. The number of methoxy groups -OCH3 is 1. The molecule has 0 bridgehead atoms. The molecular formula is C25H39N10O10P. The van der Waals surface area contributed by atoms with Gasteiger partial charge < -0.3 is 40.8 Å². The van der Waals surface area contributed by atoms with E-state index in [1.807, 2.05) is 19.0 Å². The zero-order valence-corrected chi connectivity index (χ0v) is 26.4. The van der Waals surface area contributed by atoms with E-state index in [9.17, 15) is 24.4 Å². The van der Waals surface area contributed by atoms with Crippen molar-refractivity contribution >= 4 is 30.7 Å². The van der Waals surface area contributed by atoms with Gasteiger partial charge in [-0.2, -0.15) is 9.97 Å².